The van der Waals surface area contributed by atoms with Gasteiger partial charge in [-0.15, -0.1) is 0 Å². The zero-order valence-electron chi connectivity index (χ0n) is 16.1. The van der Waals surface area contributed by atoms with Crippen LogP contribution in [0.2, 0.25) is 0 Å². The van der Waals surface area contributed by atoms with Crippen molar-refractivity contribution >= 4 is 5.91 Å². The quantitative estimate of drug-likeness (QED) is 0.678. The van der Waals surface area contributed by atoms with Crippen molar-refractivity contribution in [2.45, 2.75) is 18.8 Å². The molecule has 8 nitrogen and oxygen atoms in total. The fourth-order valence-electron chi connectivity index (χ4n) is 3.46. The minimum Gasteiger partial charge on any atom is -0.437 e. The lowest BCUT2D eigenvalue weighted by Crippen LogP contribution is -2.40. The zero-order valence-corrected chi connectivity index (χ0v) is 16.1. The van der Waals surface area contributed by atoms with Crippen molar-refractivity contribution in [3.05, 3.63) is 76.6 Å². The van der Waals surface area contributed by atoms with E-state index in [0.717, 1.165) is 18.5 Å². The maximum atomic E-state index is 12.9. The first-order valence-electron chi connectivity index (χ1n) is 9.49. The Morgan fingerprint density at radius 1 is 1.10 bits per heavy atom. The topological polar surface area (TPSA) is 90.2 Å². The summed E-state index contributed by atoms with van der Waals surface area (Å²) >= 11 is 0. The molecule has 0 saturated carbocycles. The Morgan fingerprint density at radius 2 is 1.90 bits per heavy atom. The van der Waals surface area contributed by atoms with Gasteiger partial charge in [0.05, 0.1) is 0 Å². The van der Waals surface area contributed by atoms with Crippen LogP contribution in [0.15, 0.2) is 59.7 Å². The number of amides is 1. The average Bonchev–Trinajstić information content (AvgIpc) is 2.76. The zero-order chi connectivity index (χ0) is 20.2. The molecule has 0 N–H and O–H groups in total. The highest BCUT2D eigenvalue weighted by Gasteiger charge is 2.29. The van der Waals surface area contributed by atoms with Gasteiger partial charge in [0.25, 0.3) is 11.5 Å². The number of aromatic nitrogens is 4. The molecule has 0 bridgehead atoms. The van der Waals surface area contributed by atoms with Gasteiger partial charge in [0.15, 0.2) is 0 Å². The SMILES string of the molecule is Cn1nc(C(=O)N2CCC[C@@H](c3nccnc3Oc3ccccc3)C2)ccc1=O. The van der Waals surface area contributed by atoms with Crippen LogP contribution < -0.4 is 10.3 Å². The maximum Gasteiger partial charge on any atom is 0.274 e. The molecule has 148 valence electrons. The molecule has 3 aromatic rings. The van der Waals surface area contributed by atoms with E-state index in [-0.39, 0.29) is 23.1 Å². The van der Waals surface area contributed by atoms with Gasteiger partial charge in [-0.3, -0.25) is 14.6 Å². The molecule has 2 aromatic heterocycles. The van der Waals surface area contributed by atoms with Gasteiger partial charge in [-0.25, -0.2) is 9.67 Å². The molecule has 1 aliphatic heterocycles. The predicted molar refractivity (Wildman–Crippen MR) is 106 cm³/mol. The van der Waals surface area contributed by atoms with Crippen LogP contribution in [-0.4, -0.2) is 43.6 Å². The molecule has 0 aliphatic carbocycles. The van der Waals surface area contributed by atoms with E-state index < -0.39 is 0 Å². The molecule has 1 saturated heterocycles. The van der Waals surface area contributed by atoms with E-state index in [1.807, 2.05) is 30.3 Å². The van der Waals surface area contributed by atoms with E-state index in [2.05, 4.69) is 15.1 Å². The minimum absolute atomic E-state index is 0.00708. The van der Waals surface area contributed by atoms with Crippen molar-refractivity contribution < 1.29 is 9.53 Å². The van der Waals surface area contributed by atoms with Gasteiger partial charge >= 0.3 is 0 Å². The summed E-state index contributed by atoms with van der Waals surface area (Å²) in [6, 6.07) is 12.3. The molecule has 1 fully saturated rings. The van der Waals surface area contributed by atoms with Crippen LogP contribution in [0.25, 0.3) is 0 Å². The van der Waals surface area contributed by atoms with Crippen LogP contribution in [0, 0.1) is 0 Å². The van der Waals surface area contributed by atoms with Crippen molar-refractivity contribution in [2.75, 3.05) is 13.1 Å². The molecular formula is C21H21N5O3. The summed E-state index contributed by atoms with van der Waals surface area (Å²) in [5.74, 6) is 0.956. The van der Waals surface area contributed by atoms with Crippen molar-refractivity contribution in [3.8, 4) is 11.6 Å². The summed E-state index contributed by atoms with van der Waals surface area (Å²) in [7, 11) is 1.53. The molecule has 1 aliphatic rings. The first-order valence-corrected chi connectivity index (χ1v) is 9.49. The highest BCUT2D eigenvalue weighted by molar-refractivity contribution is 5.92. The molecule has 4 rings (SSSR count). The number of carbonyl (C=O) groups is 1. The largest absolute Gasteiger partial charge is 0.437 e. The van der Waals surface area contributed by atoms with E-state index in [0.29, 0.717) is 24.7 Å². The number of carbonyl (C=O) groups excluding carboxylic acids is 1. The third kappa shape index (κ3) is 4.16. The number of benzene rings is 1. The van der Waals surface area contributed by atoms with E-state index in [9.17, 15) is 9.59 Å². The number of ether oxygens (including phenoxy) is 1. The molecule has 0 unspecified atom stereocenters. The lowest BCUT2D eigenvalue weighted by molar-refractivity contribution is 0.0696. The fraction of sp³-hybridized carbons (Fsp3) is 0.286. The second-order valence-corrected chi connectivity index (χ2v) is 6.93. The summed E-state index contributed by atoms with van der Waals surface area (Å²) in [6.45, 7) is 1.13. The Balaban J connectivity index is 1.55. The van der Waals surface area contributed by atoms with Crippen LogP contribution in [0.3, 0.4) is 0 Å². The van der Waals surface area contributed by atoms with Crippen molar-refractivity contribution in [2.24, 2.45) is 7.05 Å². The van der Waals surface area contributed by atoms with E-state index >= 15 is 0 Å². The highest BCUT2D eigenvalue weighted by atomic mass is 16.5. The molecule has 0 radical (unpaired) electrons. The normalized spacial score (nSPS) is 16.4. The van der Waals surface area contributed by atoms with Gasteiger partial charge in [0, 0.05) is 44.5 Å². The summed E-state index contributed by atoms with van der Waals surface area (Å²) in [5, 5.41) is 4.08. The third-order valence-electron chi connectivity index (χ3n) is 4.92. The summed E-state index contributed by atoms with van der Waals surface area (Å²) < 4.78 is 7.11. The molecule has 3 heterocycles. The summed E-state index contributed by atoms with van der Waals surface area (Å²) in [6.07, 6.45) is 4.96. The first-order chi connectivity index (χ1) is 14.1. The van der Waals surface area contributed by atoms with Crippen LogP contribution in [0.4, 0.5) is 0 Å². The standard InChI is InChI=1S/C21H21N5O3/c1-25-18(27)10-9-17(24-25)21(28)26-13-5-6-15(14-26)19-20(23-12-11-22-19)29-16-7-3-2-4-8-16/h2-4,7-12,15H,5-6,13-14H2,1H3/t15-/m1/s1. The molecule has 1 atom stereocenters. The predicted octanol–water partition coefficient (Wildman–Crippen LogP) is 2.38. The lowest BCUT2D eigenvalue weighted by Gasteiger charge is -2.32. The number of piperidine rings is 1. The van der Waals surface area contributed by atoms with Gasteiger partial charge in [-0.2, -0.15) is 5.10 Å². The number of rotatable bonds is 4. The average molecular weight is 391 g/mol. The van der Waals surface area contributed by atoms with Crippen molar-refractivity contribution in [3.63, 3.8) is 0 Å². The number of hydrogen-bond donors (Lipinski definition) is 0. The van der Waals surface area contributed by atoms with Gasteiger partial charge < -0.3 is 9.64 Å². The first kappa shape index (κ1) is 18.8. The molecular weight excluding hydrogens is 370 g/mol. The second kappa shape index (κ2) is 8.22. The van der Waals surface area contributed by atoms with Crippen molar-refractivity contribution in [1.82, 2.24) is 24.6 Å². The molecule has 8 heteroatoms. The van der Waals surface area contributed by atoms with E-state index in [1.165, 1.54) is 23.9 Å². The maximum absolute atomic E-state index is 12.9. The number of likely N-dealkylation sites (tertiary alicyclic amines) is 1. The minimum atomic E-state index is -0.250. The van der Waals surface area contributed by atoms with Crippen LogP contribution in [0.5, 0.6) is 11.6 Å². The Morgan fingerprint density at radius 3 is 2.69 bits per heavy atom. The Bertz CT molecular complexity index is 1070. The number of aryl methyl sites for hydroxylation is 1. The second-order valence-electron chi connectivity index (χ2n) is 6.93. The summed E-state index contributed by atoms with van der Waals surface area (Å²) in [5.41, 5.74) is 0.746. The monoisotopic (exact) mass is 391 g/mol. The number of para-hydroxylation sites is 1. The third-order valence-corrected chi connectivity index (χ3v) is 4.92. The molecule has 1 aromatic carbocycles. The Hall–Kier alpha value is -3.55. The van der Waals surface area contributed by atoms with E-state index in [4.69, 9.17) is 4.74 Å². The smallest absolute Gasteiger partial charge is 0.274 e. The molecule has 29 heavy (non-hydrogen) atoms. The Kier molecular flexibility index (Phi) is 5.33. The van der Waals surface area contributed by atoms with Crippen molar-refractivity contribution in [1.29, 1.82) is 0 Å². The number of hydrogen-bond acceptors (Lipinski definition) is 6. The fourth-order valence-corrected chi connectivity index (χ4v) is 3.46. The Labute approximate surface area is 167 Å². The van der Waals surface area contributed by atoms with Gasteiger partial charge in [0.2, 0.25) is 5.88 Å². The lowest BCUT2D eigenvalue weighted by atomic mass is 9.94. The van der Waals surface area contributed by atoms with Gasteiger partial charge in [0.1, 0.15) is 17.1 Å². The summed E-state index contributed by atoms with van der Waals surface area (Å²) in [4.78, 5) is 35.1. The molecule has 1 amide bonds. The highest BCUT2D eigenvalue weighted by Crippen LogP contribution is 2.32. The van der Waals surface area contributed by atoms with Crippen LogP contribution in [-0.2, 0) is 7.05 Å². The van der Waals surface area contributed by atoms with E-state index in [1.54, 1.807) is 17.3 Å². The molecule has 0 spiro atoms. The van der Waals surface area contributed by atoms with Gasteiger partial charge in [-0.1, -0.05) is 18.2 Å². The van der Waals surface area contributed by atoms with Crippen LogP contribution >= 0.6 is 0 Å². The van der Waals surface area contributed by atoms with Crippen LogP contribution in [0.1, 0.15) is 34.9 Å². The number of nitrogens with zero attached hydrogens (tertiary/aromatic N) is 5. The van der Waals surface area contributed by atoms with Gasteiger partial charge in [-0.05, 0) is 31.0 Å².